The van der Waals surface area contributed by atoms with Gasteiger partial charge in [-0.25, -0.2) is 4.98 Å². The normalized spacial score (nSPS) is 17.3. The van der Waals surface area contributed by atoms with Crippen molar-refractivity contribution < 1.29 is 4.55 Å². The fourth-order valence-electron chi connectivity index (χ4n) is 2.25. The lowest BCUT2D eigenvalue weighted by Gasteiger charge is -2.18. The van der Waals surface area contributed by atoms with Gasteiger partial charge in [0.25, 0.3) is 5.56 Å². The van der Waals surface area contributed by atoms with E-state index in [2.05, 4.69) is 14.9 Å². The summed E-state index contributed by atoms with van der Waals surface area (Å²) in [7, 11) is 1.71. The summed E-state index contributed by atoms with van der Waals surface area (Å²) in [5.41, 5.74) is 0.153. The smallest absolute Gasteiger partial charge is 0.304 e. The monoisotopic (exact) mass is 298 g/mol. The van der Waals surface area contributed by atoms with Crippen molar-refractivity contribution in [2.24, 2.45) is 7.05 Å². The van der Waals surface area contributed by atoms with Crippen LogP contribution in [0.15, 0.2) is 9.13 Å². The minimum Gasteiger partial charge on any atom is -0.610 e. The van der Waals surface area contributed by atoms with Crippen molar-refractivity contribution >= 4 is 38.8 Å². The van der Waals surface area contributed by atoms with Gasteiger partial charge in [-0.15, -0.1) is 0 Å². The minimum atomic E-state index is -1.18. The summed E-state index contributed by atoms with van der Waals surface area (Å²) in [5.74, 6) is 0.687. The van der Waals surface area contributed by atoms with E-state index >= 15 is 0 Å². The molecule has 0 aliphatic carbocycles. The van der Waals surface area contributed by atoms with Crippen molar-refractivity contribution in [3.63, 3.8) is 0 Å². The summed E-state index contributed by atoms with van der Waals surface area (Å²) in [6.45, 7) is 1.86. The van der Waals surface area contributed by atoms with Crippen LogP contribution in [0.5, 0.6) is 0 Å². The van der Waals surface area contributed by atoms with Gasteiger partial charge >= 0.3 is 4.34 Å². The second kappa shape index (κ2) is 4.77. The third-order valence-corrected chi connectivity index (χ3v) is 5.51. The molecule has 3 heterocycles. The molecule has 1 aliphatic heterocycles. The van der Waals surface area contributed by atoms with E-state index < -0.39 is 11.2 Å². The standard InChI is InChI=1S/C11H14N4O2S2/c1-14-9(16)7-8(18-11(12-7)19(2)17)13-10(14)15-5-3-4-6-15/h3-6H2,1-2H3. The van der Waals surface area contributed by atoms with Gasteiger partial charge in [-0.2, -0.15) is 4.98 Å². The molecule has 2 aromatic rings. The van der Waals surface area contributed by atoms with Crippen LogP contribution >= 0.6 is 11.3 Å². The summed E-state index contributed by atoms with van der Waals surface area (Å²) < 4.78 is 13.5. The van der Waals surface area contributed by atoms with Gasteiger partial charge < -0.3 is 9.45 Å². The van der Waals surface area contributed by atoms with E-state index in [4.69, 9.17) is 0 Å². The van der Waals surface area contributed by atoms with Crippen molar-refractivity contribution in [2.75, 3.05) is 24.2 Å². The van der Waals surface area contributed by atoms with Crippen molar-refractivity contribution in [2.45, 2.75) is 17.2 Å². The Balaban J connectivity index is 2.19. The van der Waals surface area contributed by atoms with E-state index in [-0.39, 0.29) is 5.56 Å². The molecule has 0 radical (unpaired) electrons. The summed E-state index contributed by atoms with van der Waals surface area (Å²) >= 11 is 0.0594. The van der Waals surface area contributed by atoms with E-state index in [0.717, 1.165) is 25.9 Å². The second-order valence-corrected chi connectivity index (χ2v) is 7.09. The molecule has 8 heteroatoms. The maximum atomic E-state index is 12.3. The molecule has 2 aromatic heterocycles. The Labute approximate surface area is 117 Å². The van der Waals surface area contributed by atoms with Gasteiger partial charge in [0, 0.05) is 31.3 Å². The van der Waals surface area contributed by atoms with Gasteiger partial charge in [0.2, 0.25) is 5.95 Å². The molecular formula is C11H14N4O2S2. The van der Waals surface area contributed by atoms with Crippen LogP contribution in [0.3, 0.4) is 0 Å². The molecule has 0 saturated carbocycles. The maximum Gasteiger partial charge on any atom is 0.304 e. The fourth-order valence-corrected chi connectivity index (χ4v) is 3.83. The van der Waals surface area contributed by atoms with Crippen LogP contribution in [0.25, 0.3) is 10.3 Å². The number of nitrogens with zero attached hydrogens (tertiary/aromatic N) is 4. The molecule has 0 bridgehead atoms. The van der Waals surface area contributed by atoms with Crippen LogP contribution in [-0.4, -0.2) is 38.4 Å². The highest BCUT2D eigenvalue weighted by Gasteiger charge is 2.22. The lowest BCUT2D eigenvalue weighted by molar-refractivity contribution is 0.600. The topological polar surface area (TPSA) is 74.1 Å². The Morgan fingerprint density at radius 1 is 1.32 bits per heavy atom. The molecule has 0 N–H and O–H groups in total. The molecule has 1 atom stereocenters. The molecule has 0 spiro atoms. The van der Waals surface area contributed by atoms with Gasteiger partial charge in [0.1, 0.15) is 6.26 Å². The molecule has 1 fully saturated rings. The first-order chi connectivity index (χ1) is 9.08. The average molecular weight is 298 g/mol. The Hall–Kier alpha value is -1.12. The molecule has 6 nitrogen and oxygen atoms in total. The largest absolute Gasteiger partial charge is 0.610 e. The van der Waals surface area contributed by atoms with E-state index in [1.807, 2.05) is 0 Å². The predicted molar refractivity (Wildman–Crippen MR) is 76.4 cm³/mol. The Kier molecular flexibility index (Phi) is 3.23. The number of hydrogen-bond donors (Lipinski definition) is 0. The SMILES string of the molecule is Cn1c(N2CCCC2)nc2sc([S+](C)[O-])nc2c1=O. The number of anilines is 1. The van der Waals surface area contributed by atoms with Crippen molar-refractivity contribution in [1.82, 2.24) is 14.5 Å². The number of thiazole rings is 1. The molecule has 1 unspecified atom stereocenters. The van der Waals surface area contributed by atoms with E-state index in [1.54, 1.807) is 13.3 Å². The molecular weight excluding hydrogens is 284 g/mol. The zero-order valence-corrected chi connectivity index (χ0v) is 12.4. The molecule has 0 amide bonds. The first kappa shape index (κ1) is 12.9. The zero-order valence-electron chi connectivity index (χ0n) is 10.8. The fraction of sp³-hybridized carbons (Fsp3) is 0.545. The number of rotatable bonds is 2. The van der Waals surface area contributed by atoms with Gasteiger partial charge in [0.15, 0.2) is 10.3 Å². The van der Waals surface area contributed by atoms with Gasteiger partial charge in [0.05, 0.1) is 0 Å². The molecule has 1 saturated heterocycles. The first-order valence-electron chi connectivity index (χ1n) is 6.04. The van der Waals surface area contributed by atoms with Crippen LogP contribution in [0.1, 0.15) is 12.8 Å². The highest BCUT2D eigenvalue weighted by Crippen LogP contribution is 2.24. The predicted octanol–water partition coefficient (Wildman–Crippen LogP) is 0.728. The second-order valence-electron chi connectivity index (χ2n) is 4.56. The van der Waals surface area contributed by atoms with Gasteiger partial charge in [-0.3, -0.25) is 9.36 Å². The van der Waals surface area contributed by atoms with Gasteiger partial charge in [-0.05, 0) is 24.2 Å². The number of fused-ring (bicyclic) bond motifs is 1. The Morgan fingerprint density at radius 3 is 2.63 bits per heavy atom. The van der Waals surface area contributed by atoms with Crippen LogP contribution in [0.2, 0.25) is 0 Å². The van der Waals surface area contributed by atoms with E-state index in [9.17, 15) is 9.35 Å². The lowest BCUT2D eigenvalue weighted by atomic mass is 10.4. The summed E-state index contributed by atoms with van der Waals surface area (Å²) in [6.07, 6.45) is 3.81. The number of aromatic nitrogens is 3. The zero-order chi connectivity index (χ0) is 13.6. The molecule has 102 valence electrons. The Bertz CT molecular complexity index is 673. The summed E-state index contributed by atoms with van der Waals surface area (Å²) in [4.78, 5) is 23.7. The lowest BCUT2D eigenvalue weighted by Crippen LogP contribution is -2.29. The van der Waals surface area contributed by atoms with Crippen molar-refractivity contribution in [3.05, 3.63) is 10.4 Å². The van der Waals surface area contributed by atoms with Crippen molar-refractivity contribution in [1.29, 1.82) is 0 Å². The van der Waals surface area contributed by atoms with Crippen molar-refractivity contribution in [3.8, 4) is 0 Å². The molecule has 19 heavy (non-hydrogen) atoms. The van der Waals surface area contributed by atoms with Gasteiger partial charge in [-0.1, -0.05) is 0 Å². The summed E-state index contributed by atoms with van der Waals surface area (Å²) in [5, 5.41) is 0. The van der Waals surface area contributed by atoms with Crippen LogP contribution in [0.4, 0.5) is 5.95 Å². The molecule has 3 rings (SSSR count). The highest BCUT2D eigenvalue weighted by atomic mass is 32.2. The van der Waals surface area contributed by atoms with Crippen LogP contribution < -0.4 is 10.5 Å². The average Bonchev–Trinajstić information content (AvgIpc) is 3.02. The quantitative estimate of drug-likeness (QED) is 0.764. The third-order valence-electron chi connectivity index (χ3n) is 3.23. The van der Waals surface area contributed by atoms with E-state index in [0.29, 0.717) is 20.6 Å². The minimum absolute atomic E-state index is 0.167. The van der Waals surface area contributed by atoms with Crippen LogP contribution in [0, 0.1) is 0 Å². The first-order valence-corrected chi connectivity index (χ1v) is 8.41. The highest BCUT2D eigenvalue weighted by molar-refractivity contribution is 7.92. The summed E-state index contributed by atoms with van der Waals surface area (Å²) in [6, 6.07) is 0. The number of hydrogen-bond acceptors (Lipinski definition) is 6. The van der Waals surface area contributed by atoms with E-state index in [1.165, 1.54) is 15.9 Å². The molecule has 1 aliphatic rings. The Morgan fingerprint density at radius 2 is 2.00 bits per heavy atom. The maximum absolute atomic E-state index is 12.3. The van der Waals surface area contributed by atoms with Crippen LogP contribution in [-0.2, 0) is 18.2 Å². The molecule has 0 aromatic carbocycles. The third kappa shape index (κ3) is 2.13.